The maximum Gasteiger partial charge on any atom is 0.243 e. The van der Waals surface area contributed by atoms with E-state index in [2.05, 4.69) is 21.8 Å². The van der Waals surface area contributed by atoms with Gasteiger partial charge in [-0.25, -0.2) is 4.99 Å². The van der Waals surface area contributed by atoms with Gasteiger partial charge in [0.2, 0.25) is 5.91 Å². The lowest BCUT2D eigenvalue weighted by atomic mass is 9.88. The molecule has 130 valence electrons. The highest BCUT2D eigenvalue weighted by Crippen LogP contribution is 2.28. The number of amides is 1. The maximum atomic E-state index is 11.8. The van der Waals surface area contributed by atoms with Crippen LogP contribution in [0.3, 0.4) is 0 Å². The molecule has 2 fully saturated rings. The van der Waals surface area contributed by atoms with Crippen molar-refractivity contribution in [3.05, 3.63) is 12.2 Å². The minimum Gasteiger partial charge on any atom is -0.378 e. The van der Waals surface area contributed by atoms with Gasteiger partial charge in [-0.05, 0) is 26.2 Å². The van der Waals surface area contributed by atoms with Gasteiger partial charge in [0.15, 0.2) is 5.96 Å². The number of nitrogens with one attached hydrogen (secondary N) is 1. The summed E-state index contributed by atoms with van der Waals surface area (Å²) in [5.41, 5.74) is 1.05. The van der Waals surface area contributed by atoms with E-state index in [9.17, 15) is 4.79 Å². The lowest BCUT2D eigenvalue weighted by Gasteiger charge is -2.42. The number of hydrogen-bond donors (Lipinski definition) is 1. The Labute approximate surface area is 139 Å². The molecule has 2 rings (SSSR count). The summed E-state index contributed by atoms with van der Waals surface area (Å²) in [5.74, 6) is 1.39. The zero-order valence-electron chi connectivity index (χ0n) is 14.7. The fourth-order valence-corrected chi connectivity index (χ4v) is 3.06. The smallest absolute Gasteiger partial charge is 0.243 e. The first kappa shape index (κ1) is 17.8. The third kappa shape index (κ3) is 5.23. The normalized spacial score (nSPS) is 24.8. The minimum absolute atomic E-state index is 0.00973. The van der Waals surface area contributed by atoms with Crippen LogP contribution in [0.4, 0.5) is 0 Å². The molecule has 6 nitrogen and oxygen atoms in total. The van der Waals surface area contributed by atoms with Crippen molar-refractivity contribution >= 4 is 11.9 Å². The fraction of sp³-hybridized carbons (Fsp3) is 0.765. The highest BCUT2D eigenvalue weighted by atomic mass is 16.5. The van der Waals surface area contributed by atoms with Crippen molar-refractivity contribution in [3.63, 3.8) is 0 Å². The molecule has 2 aliphatic rings. The van der Waals surface area contributed by atoms with Crippen LogP contribution in [0.2, 0.25) is 0 Å². The van der Waals surface area contributed by atoms with Gasteiger partial charge in [-0.1, -0.05) is 12.2 Å². The van der Waals surface area contributed by atoms with E-state index in [1.165, 1.54) is 6.42 Å². The Morgan fingerprint density at radius 2 is 2.22 bits per heavy atom. The van der Waals surface area contributed by atoms with Crippen molar-refractivity contribution in [1.82, 2.24) is 15.1 Å². The average molecular weight is 322 g/mol. The summed E-state index contributed by atoms with van der Waals surface area (Å²) >= 11 is 0. The Balaban J connectivity index is 2.01. The molecule has 6 heteroatoms. The average Bonchev–Trinajstić information content (AvgIpc) is 2.53. The van der Waals surface area contributed by atoms with E-state index < -0.39 is 0 Å². The summed E-state index contributed by atoms with van der Waals surface area (Å²) < 4.78 is 5.88. The standard InChI is InChI=1S/C17H30N4O2/c1-13(2)10-18-17(19-11-16(22)20(3)4)21-8-7-15-14(12-21)6-5-9-23-15/h14-15H,1,5-12H2,2-4H3,(H,18,19). The molecule has 2 heterocycles. The molecular weight excluding hydrogens is 292 g/mol. The van der Waals surface area contributed by atoms with Gasteiger partial charge in [0.1, 0.15) is 6.54 Å². The predicted molar refractivity (Wildman–Crippen MR) is 92.5 cm³/mol. The van der Waals surface area contributed by atoms with E-state index >= 15 is 0 Å². The Morgan fingerprint density at radius 1 is 1.43 bits per heavy atom. The number of likely N-dealkylation sites (tertiary alicyclic amines) is 1. The molecule has 1 amide bonds. The molecule has 1 N–H and O–H groups in total. The molecule has 0 aromatic carbocycles. The van der Waals surface area contributed by atoms with Gasteiger partial charge in [0.25, 0.3) is 0 Å². The third-order valence-corrected chi connectivity index (χ3v) is 4.43. The number of piperidine rings is 1. The first-order valence-electron chi connectivity index (χ1n) is 8.46. The zero-order chi connectivity index (χ0) is 16.8. The summed E-state index contributed by atoms with van der Waals surface area (Å²) in [7, 11) is 3.51. The predicted octanol–water partition coefficient (Wildman–Crippen LogP) is 1.10. The van der Waals surface area contributed by atoms with Crippen LogP contribution in [-0.2, 0) is 9.53 Å². The molecule has 0 aromatic heterocycles. The van der Waals surface area contributed by atoms with Gasteiger partial charge in [-0.2, -0.15) is 0 Å². The first-order chi connectivity index (χ1) is 11.0. The topological polar surface area (TPSA) is 57.2 Å². The summed E-state index contributed by atoms with van der Waals surface area (Å²) in [6, 6.07) is 0. The van der Waals surface area contributed by atoms with Crippen LogP contribution in [0, 0.1) is 5.92 Å². The van der Waals surface area contributed by atoms with Crippen LogP contribution in [0.1, 0.15) is 26.2 Å². The molecule has 2 atom stereocenters. The highest BCUT2D eigenvalue weighted by Gasteiger charge is 2.33. The zero-order valence-corrected chi connectivity index (χ0v) is 14.7. The van der Waals surface area contributed by atoms with Gasteiger partial charge in [-0.15, -0.1) is 0 Å². The van der Waals surface area contributed by atoms with Gasteiger partial charge < -0.3 is 19.9 Å². The van der Waals surface area contributed by atoms with Crippen molar-refractivity contribution in [2.75, 3.05) is 46.9 Å². The van der Waals surface area contributed by atoms with Crippen molar-refractivity contribution in [2.45, 2.75) is 32.3 Å². The number of fused-ring (bicyclic) bond motifs is 1. The van der Waals surface area contributed by atoms with E-state index in [4.69, 9.17) is 4.74 Å². The maximum absolute atomic E-state index is 11.8. The summed E-state index contributed by atoms with van der Waals surface area (Å²) in [6.07, 6.45) is 3.77. The van der Waals surface area contributed by atoms with Gasteiger partial charge in [0.05, 0.1) is 6.10 Å². The number of guanidine groups is 1. The Bertz CT molecular complexity index is 462. The monoisotopic (exact) mass is 322 g/mol. The number of carbonyl (C=O) groups excluding carboxylic acids is 1. The molecular formula is C17H30N4O2. The van der Waals surface area contributed by atoms with Crippen LogP contribution in [-0.4, -0.2) is 74.7 Å². The summed E-state index contributed by atoms with van der Waals surface area (Å²) in [5, 5.41) is 3.34. The summed E-state index contributed by atoms with van der Waals surface area (Å²) in [6.45, 7) is 9.52. The van der Waals surface area contributed by atoms with E-state index in [0.29, 0.717) is 18.6 Å². The minimum atomic E-state index is 0.00973. The largest absolute Gasteiger partial charge is 0.378 e. The Hall–Kier alpha value is -1.56. The number of likely N-dealkylation sites (N-methyl/N-ethyl adjacent to an activating group) is 1. The molecule has 23 heavy (non-hydrogen) atoms. The molecule has 0 bridgehead atoms. The molecule has 0 aromatic rings. The van der Waals surface area contributed by atoms with Crippen molar-refractivity contribution in [3.8, 4) is 0 Å². The molecule has 2 unspecified atom stereocenters. The van der Waals surface area contributed by atoms with Crippen LogP contribution >= 0.6 is 0 Å². The van der Waals surface area contributed by atoms with E-state index in [1.807, 2.05) is 6.92 Å². The first-order valence-corrected chi connectivity index (χ1v) is 8.46. The highest BCUT2D eigenvalue weighted by molar-refractivity contribution is 5.85. The van der Waals surface area contributed by atoms with E-state index in [1.54, 1.807) is 19.0 Å². The number of aliphatic imine (C=N–C) groups is 1. The number of ether oxygens (including phenoxy) is 1. The molecule has 2 aliphatic heterocycles. The third-order valence-electron chi connectivity index (χ3n) is 4.43. The summed E-state index contributed by atoms with van der Waals surface area (Å²) in [4.78, 5) is 20.2. The molecule has 2 saturated heterocycles. The Morgan fingerprint density at radius 3 is 2.91 bits per heavy atom. The van der Waals surface area contributed by atoms with Crippen LogP contribution in [0.15, 0.2) is 17.1 Å². The number of hydrogen-bond acceptors (Lipinski definition) is 3. The van der Waals surface area contributed by atoms with E-state index in [0.717, 1.165) is 44.1 Å². The van der Waals surface area contributed by atoms with E-state index in [-0.39, 0.29) is 12.5 Å². The lowest BCUT2D eigenvalue weighted by molar-refractivity contribution is -0.127. The van der Waals surface area contributed by atoms with Gasteiger partial charge in [-0.3, -0.25) is 4.79 Å². The van der Waals surface area contributed by atoms with Crippen LogP contribution in [0.25, 0.3) is 0 Å². The Kier molecular flexibility index (Phi) is 6.45. The molecule has 0 aliphatic carbocycles. The van der Waals surface area contributed by atoms with Crippen molar-refractivity contribution in [1.29, 1.82) is 0 Å². The molecule has 0 saturated carbocycles. The van der Waals surface area contributed by atoms with Gasteiger partial charge in [0, 0.05) is 46.3 Å². The van der Waals surface area contributed by atoms with Crippen molar-refractivity contribution < 1.29 is 9.53 Å². The quantitative estimate of drug-likeness (QED) is 0.478. The van der Waals surface area contributed by atoms with Gasteiger partial charge >= 0.3 is 0 Å². The lowest BCUT2D eigenvalue weighted by Crippen LogP contribution is -2.52. The van der Waals surface area contributed by atoms with Crippen LogP contribution < -0.4 is 5.32 Å². The molecule has 0 spiro atoms. The van der Waals surface area contributed by atoms with Crippen LogP contribution in [0.5, 0.6) is 0 Å². The molecule has 0 radical (unpaired) electrons. The number of carbonyl (C=O) groups is 1. The second-order valence-corrected chi connectivity index (χ2v) is 6.78. The van der Waals surface area contributed by atoms with Crippen molar-refractivity contribution in [2.24, 2.45) is 10.9 Å². The second kappa shape index (κ2) is 8.34. The SMILES string of the molecule is C=C(C)CNC(=NCC(=O)N(C)C)N1CCC2OCCCC2C1. The number of rotatable bonds is 4. The number of nitrogens with zero attached hydrogens (tertiary/aromatic N) is 3. The fourth-order valence-electron chi connectivity index (χ4n) is 3.06. The second-order valence-electron chi connectivity index (χ2n) is 6.78.